The summed E-state index contributed by atoms with van der Waals surface area (Å²) in [6, 6.07) is 12.2. The average molecular weight is 359 g/mol. The van der Waals surface area contributed by atoms with Gasteiger partial charge >= 0.3 is 0 Å². The molecule has 6 heteroatoms. The van der Waals surface area contributed by atoms with Gasteiger partial charge in [0.05, 0.1) is 0 Å². The van der Waals surface area contributed by atoms with Crippen LogP contribution in [0.15, 0.2) is 42.5 Å². The number of carbonyl (C=O) groups excluding carboxylic acids is 1. The lowest BCUT2D eigenvalue weighted by atomic mass is 10.1. The predicted molar refractivity (Wildman–Crippen MR) is 103 cm³/mol. The van der Waals surface area contributed by atoms with E-state index in [1.165, 1.54) is 12.1 Å². The van der Waals surface area contributed by atoms with E-state index in [1.54, 1.807) is 12.1 Å². The number of benzene rings is 2. The lowest BCUT2D eigenvalue weighted by Gasteiger charge is -2.16. The molecule has 0 saturated heterocycles. The summed E-state index contributed by atoms with van der Waals surface area (Å²) >= 11 is 5.23. The Morgan fingerprint density at radius 3 is 2.52 bits per heavy atom. The Morgan fingerprint density at radius 2 is 1.84 bits per heavy atom. The number of aryl methyl sites for hydroxylation is 3. The molecule has 0 radical (unpaired) electrons. The molecule has 2 aromatic rings. The largest absolute Gasteiger partial charge is 0.331 e. The Hall–Kier alpha value is -2.47. The van der Waals surface area contributed by atoms with Gasteiger partial charge in [-0.15, -0.1) is 0 Å². The molecule has 1 amide bonds. The van der Waals surface area contributed by atoms with Crippen LogP contribution in [0, 0.1) is 12.7 Å². The van der Waals surface area contributed by atoms with Crippen LogP contribution in [-0.2, 0) is 17.6 Å². The van der Waals surface area contributed by atoms with Crippen LogP contribution in [0.5, 0.6) is 0 Å². The maximum absolute atomic E-state index is 12.8. The molecule has 4 nitrogen and oxygen atoms in total. The zero-order valence-electron chi connectivity index (χ0n) is 14.4. The second-order valence-corrected chi connectivity index (χ2v) is 6.12. The Bertz CT molecular complexity index is 747. The molecule has 0 aliphatic carbocycles. The van der Waals surface area contributed by atoms with Crippen molar-refractivity contribution in [3.63, 3.8) is 0 Å². The average Bonchev–Trinajstić information content (AvgIpc) is 2.61. The Labute approximate surface area is 152 Å². The van der Waals surface area contributed by atoms with E-state index in [0.717, 1.165) is 28.8 Å². The fraction of sp³-hybridized carbons (Fsp3) is 0.263. The number of nitrogens with one attached hydrogen (secondary N) is 3. The highest BCUT2D eigenvalue weighted by atomic mass is 32.1. The van der Waals surface area contributed by atoms with Crippen molar-refractivity contribution in [2.45, 2.75) is 33.1 Å². The maximum Gasteiger partial charge on any atom is 0.238 e. The number of amides is 1. The molecule has 0 spiro atoms. The maximum atomic E-state index is 12.8. The number of thiocarbonyl (C=S) groups is 1. The summed E-state index contributed by atoms with van der Waals surface area (Å²) in [6.07, 6.45) is 1.70. The smallest absolute Gasteiger partial charge is 0.238 e. The monoisotopic (exact) mass is 359 g/mol. The van der Waals surface area contributed by atoms with Gasteiger partial charge in [0.1, 0.15) is 5.82 Å². The van der Waals surface area contributed by atoms with Crippen LogP contribution >= 0.6 is 12.2 Å². The molecule has 25 heavy (non-hydrogen) atoms. The van der Waals surface area contributed by atoms with Gasteiger partial charge < -0.3 is 5.32 Å². The minimum absolute atomic E-state index is 0.186. The second kappa shape index (κ2) is 9.13. The van der Waals surface area contributed by atoms with Crippen molar-refractivity contribution in [2.24, 2.45) is 0 Å². The molecule has 0 aromatic heterocycles. The number of hydrazine groups is 1. The van der Waals surface area contributed by atoms with Crippen LogP contribution in [-0.4, -0.2) is 11.0 Å². The quantitative estimate of drug-likeness (QED) is 0.563. The third-order valence-electron chi connectivity index (χ3n) is 3.85. The van der Waals surface area contributed by atoms with Crippen molar-refractivity contribution >= 4 is 28.9 Å². The first-order valence-electron chi connectivity index (χ1n) is 8.18. The standard InChI is InChI=1S/C19H22FN3OS/c1-3-15-6-4-5-13(2)18(15)21-19(25)23-22-17(24)12-9-14-7-10-16(20)11-8-14/h4-8,10-11H,3,9,12H2,1-2H3,(H,22,24)(H2,21,23,25). The Kier molecular flexibility index (Phi) is 6.89. The number of para-hydroxylation sites is 1. The van der Waals surface area contributed by atoms with E-state index in [1.807, 2.05) is 25.1 Å². The van der Waals surface area contributed by atoms with Crippen molar-refractivity contribution < 1.29 is 9.18 Å². The highest BCUT2D eigenvalue weighted by molar-refractivity contribution is 7.80. The van der Waals surface area contributed by atoms with E-state index in [0.29, 0.717) is 11.5 Å². The molecular formula is C19H22FN3OS. The summed E-state index contributed by atoms with van der Waals surface area (Å²) in [6.45, 7) is 4.08. The molecule has 2 aromatic carbocycles. The molecule has 0 aliphatic heterocycles. The minimum atomic E-state index is -0.283. The van der Waals surface area contributed by atoms with Crippen molar-refractivity contribution in [1.29, 1.82) is 0 Å². The van der Waals surface area contributed by atoms with Gasteiger partial charge in [-0.2, -0.15) is 0 Å². The first-order valence-corrected chi connectivity index (χ1v) is 8.59. The van der Waals surface area contributed by atoms with Gasteiger partial charge in [-0.1, -0.05) is 37.3 Å². The zero-order valence-corrected chi connectivity index (χ0v) is 15.2. The highest BCUT2D eigenvalue weighted by Crippen LogP contribution is 2.20. The van der Waals surface area contributed by atoms with Crippen molar-refractivity contribution in [3.8, 4) is 0 Å². The van der Waals surface area contributed by atoms with Crippen LogP contribution < -0.4 is 16.2 Å². The van der Waals surface area contributed by atoms with E-state index < -0.39 is 0 Å². The lowest BCUT2D eigenvalue weighted by molar-refractivity contribution is -0.121. The Balaban J connectivity index is 1.80. The molecule has 0 fully saturated rings. The van der Waals surface area contributed by atoms with Crippen molar-refractivity contribution in [2.75, 3.05) is 5.32 Å². The van der Waals surface area contributed by atoms with Crippen LogP contribution in [0.1, 0.15) is 30.0 Å². The molecule has 2 rings (SSSR count). The third-order valence-corrected chi connectivity index (χ3v) is 4.05. The second-order valence-electron chi connectivity index (χ2n) is 5.72. The number of hydrogen-bond donors (Lipinski definition) is 3. The van der Waals surface area contributed by atoms with Crippen LogP contribution in [0.2, 0.25) is 0 Å². The van der Waals surface area contributed by atoms with Gasteiger partial charge in [-0.05, 0) is 60.8 Å². The van der Waals surface area contributed by atoms with Crippen molar-refractivity contribution in [3.05, 3.63) is 65.0 Å². The molecule has 0 saturated carbocycles. The van der Waals surface area contributed by atoms with E-state index in [2.05, 4.69) is 23.1 Å². The van der Waals surface area contributed by atoms with Crippen LogP contribution in [0.4, 0.5) is 10.1 Å². The first kappa shape index (κ1) is 18.9. The van der Waals surface area contributed by atoms with E-state index in [-0.39, 0.29) is 18.1 Å². The van der Waals surface area contributed by atoms with E-state index in [9.17, 15) is 9.18 Å². The summed E-state index contributed by atoms with van der Waals surface area (Å²) in [7, 11) is 0. The number of rotatable bonds is 5. The van der Waals surface area contributed by atoms with Gasteiger partial charge in [0.15, 0.2) is 5.11 Å². The molecule has 3 N–H and O–H groups in total. The number of carbonyl (C=O) groups is 1. The van der Waals surface area contributed by atoms with Gasteiger partial charge in [0, 0.05) is 12.1 Å². The van der Waals surface area contributed by atoms with Crippen LogP contribution in [0.3, 0.4) is 0 Å². The highest BCUT2D eigenvalue weighted by Gasteiger charge is 2.07. The predicted octanol–water partition coefficient (Wildman–Crippen LogP) is 3.65. The van der Waals surface area contributed by atoms with Crippen molar-refractivity contribution in [1.82, 2.24) is 10.9 Å². The number of anilines is 1. The van der Waals surface area contributed by atoms with Crippen LogP contribution in [0.25, 0.3) is 0 Å². The van der Waals surface area contributed by atoms with E-state index >= 15 is 0 Å². The normalized spacial score (nSPS) is 10.2. The molecule has 0 bridgehead atoms. The molecule has 0 aliphatic rings. The summed E-state index contributed by atoms with van der Waals surface area (Å²) < 4.78 is 12.8. The number of halogens is 1. The van der Waals surface area contributed by atoms with E-state index in [4.69, 9.17) is 12.2 Å². The van der Waals surface area contributed by atoms with Gasteiger partial charge in [0.2, 0.25) is 5.91 Å². The summed E-state index contributed by atoms with van der Waals surface area (Å²) in [5.74, 6) is -0.470. The number of hydrogen-bond acceptors (Lipinski definition) is 2. The SMILES string of the molecule is CCc1cccc(C)c1NC(=S)NNC(=O)CCc1ccc(F)cc1. The Morgan fingerprint density at radius 1 is 1.12 bits per heavy atom. The fourth-order valence-electron chi connectivity index (χ4n) is 2.44. The first-order chi connectivity index (χ1) is 12.0. The fourth-order valence-corrected chi connectivity index (χ4v) is 2.60. The molecule has 0 heterocycles. The molecule has 132 valence electrons. The molecule has 0 unspecified atom stereocenters. The van der Waals surface area contributed by atoms with Gasteiger partial charge in [-0.3, -0.25) is 15.6 Å². The summed E-state index contributed by atoms with van der Waals surface area (Å²) in [5.41, 5.74) is 9.41. The third kappa shape index (κ3) is 5.83. The van der Waals surface area contributed by atoms with Gasteiger partial charge in [0.25, 0.3) is 0 Å². The minimum Gasteiger partial charge on any atom is -0.331 e. The zero-order chi connectivity index (χ0) is 18.2. The lowest BCUT2D eigenvalue weighted by Crippen LogP contribution is -2.44. The van der Waals surface area contributed by atoms with Gasteiger partial charge in [-0.25, -0.2) is 4.39 Å². The summed E-state index contributed by atoms with van der Waals surface area (Å²) in [4.78, 5) is 11.9. The topological polar surface area (TPSA) is 53.2 Å². The molecular weight excluding hydrogens is 337 g/mol. The summed E-state index contributed by atoms with van der Waals surface area (Å²) in [5, 5.41) is 3.46. The molecule has 0 atom stereocenters.